The smallest absolute Gasteiger partial charge is 0.337 e. The average Bonchev–Trinajstić information content (AvgIpc) is 3.47. The first-order valence-corrected chi connectivity index (χ1v) is 10.8. The van der Waals surface area contributed by atoms with Crippen LogP contribution in [0.15, 0.2) is 83.4 Å². The molecular weight excluding hydrogens is 414 g/mol. The second kappa shape index (κ2) is 8.74. The Morgan fingerprint density at radius 3 is 2.64 bits per heavy atom. The quantitative estimate of drug-likeness (QED) is 0.319. The van der Waals surface area contributed by atoms with Gasteiger partial charge in [0.1, 0.15) is 17.0 Å². The number of hydrogen-bond acceptors (Lipinski definition) is 5. The number of carbonyl (C=O) groups excluding carboxylic acids is 1. The van der Waals surface area contributed by atoms with Gasteiger partial charge in [-0.05, 0) is 43.2 Å². The van der Waals surface area contributed by atoms with Gasteiger partial charge in [-0.1, -0.05) is 54.1 Å². The molecule has 5 aromatic rings. The van der Waals surface area contributed by atoms with Crippen molar-refractivity contribution in [2.24, 2.45) is 0 Å². The number of benzene rings is 3. The third-order valence-electron chi connectivity index (χ3n) is 5.65. The highest BCUT2D eigenvalue weighted by atomic mass is 16.5. The largest absolute Gasteiger partial charge is 0.465 e. The van der Waals surface area contributed by atoms with E-state index in [4.69, 9.17) is 14.1 Å². The fourth-order valence-electron chi connectivity index (χ4n) is 3.90. The Morgan fingerprint density at radius 2 is 1.85 bits per heavy atom. The minimum absolute atomic E-state index is 0.341. The second-order valence-corrected chi connectivity index (χ2v) is 7.91. The van der Waals surface area contributed by atoms with Crippen molar-refractivity contribution in [2.45, 2.75) is 19.9 Å². The summed E-state index contributed by atoms with van der Waals surface area (Å²) < 4.78 is 13.0. The van der Waals surface area contributed by atoms with Crippen LogP contribution in [0.4, 0.5) is 0 Å². The molecule has 33 heavy (non-hydrogen) atoms. The van der Waals surface area contributed by atoms with Gasteiger partial charge in [-0.2, -0.15) is 0 Å². The number of carbonyl (C=O) groups is 1. The van der Waals surface area contributed by atoms with E-state index >= 15 is 0 Å². The summed E-state index contributed by atoms with van der Waals surface area (Å²) in [5, 5.41) is 0. The Hall–Kier alpha value is -4.19. The molecule has 0 fully saturated rings. The summed E-state index contributed by atoms with van der Waals surface area (Å²) in [6, 6.07) is 23.5. The van der Waals surface area contributed by atoms with Crippen LogP contribution < -0.4 is 0 Å². The zero-order chi connectivity index (χ0) is 22.8. The van der Waals surface area contributed by atoms with Crippen molar-refractivity contribution in [3.8, 4) is 23.0 Å². The summed E-state index contributed by atoms with van der Waals surface area (Å²) in [6.07, 6.45) is 2.51. The Kier molecular flexibility index (Phi) is 5.48. The van der Waals surface area contributed by atoms with Crippen molar-refractivity contribution < 1.29 is 13.9 Å². The molecule has 0 unspecified atom stereocenters. The predicted molar refractivity (Wildman–Crippen MR) is 127 cm³/mol. The van der Waals surface area contributed by atoms with Crippen molar-refractivity contribution in [1.82, 2.24) is 14.5 Å². The highest BCUT2D eigenvalue weighted by Crippen LogP contribution is 2.29. The lowest BCUT2D eigenvalue weighted by atomic mass is 10.1. The minimum atomic E-state index is -0.341. The molecular formula is C27H23N3O3. The van der Waals surface area contributed by atoms with Crippen LogP contribution in [0, 0.1) is 6.92 Å². The monoisotopic (exact) mass is 437 g/mol. The predicted octanol–water partition coefficient (Wildman–Crippen LogP) is 5.70. The van der Waals surface area contributed by atoms with E-state index in [0.717, 1.165) is 33.7 Å². The first-order valence-electron chi connectivity index (χ1n) is 10.8. The third kappa shape index (κ3) is 4.15. The number of aryl methyl sites for hydroxylation is 2. The zero-order valence-corrected chi connectivity index (χ0v) is 18.5. The standard InChI is InChI=1S/C27H23N3O3/c1-18-10-12-20(13-11-18)25-28-17-23(26-29-22-8-3-4-9-24(22)33-26)30(25)15-14-19-6-5-7-21(16-19)27(31)32-2/h3-13,16-17H,14-15H2,1-2H3. The molecule has 0 spiro atoms. The molecule has 5 rings (SSSR count). The fourth-order valence-corrected chi connectivity index (χ4v) is 3.90. The zero-order valence-electron chi connectivity index (χ0n) is 18.5. The first-order chi connectivity index (χ1) is 16.1. The number of esters is 1. The maximum Gasteiger partial charge on any atom is 0.337 e. The van der Waals surface area contributed by atoms with E-state index in [-0.39, 0.29) is 5.97 Å². The van der Waals surface area contributed by atoms with Crippen molar-refractivity contribution >= 4 is 17.1 Å². The van der Waals surface area contributed by atoms with Gasteiger partial charge in [-0.3, -0.25) is 0 Å². The van der Waals surface area contributed by atoms with Gasteiger partial charge in [0.2, 0.25) is 5.89 Å². The molecule has 0 aliphatic rings. The summed E-state index contributed by atoms with van der Waals surface area (Å²) in [4.78, 5) is 21.3. The molecule has 0 saturated carbocycles. The third-order valence-corrected chi connectivity index (χ3v) is 5.65. The van der Waals surface area contributed by atoms with E-state index in [1.54, 1.807) is 6.07 Å². The normalized spacial score (nSPS) is 11.1. The van der Waals surface area contributed by atoms with Gasteiger partial charge in [0, 0.05) is 12.1 Å². The molecule has 0 aliphatic carbocycles. The van der Waals surface area contributed by atoms with Gasteiger partial charge in [-0.15, -0.1) is 0 Å². The molecule has 6 nitrogen and oxygen atoms in total. The van der Waals surface area contributed by atoms with Crippen LogP contribution in [-0.4, -0.2) is 27.6 Å². The number of nitrogens with zero attached hydrogens (tertiary/aromatic N) is 3. The molecule has 3 aromatic carbocycles. The molecule has 164 valence electrons. The lowest BCUT2D eigenvalue weighted by Gasteiger charge is -2.12. The van der Waals surface area contributed by atoms with Crippen LogP contribution in [0.3, 0.4) is 0 Å². The van der Waals surface area contributed by atoms with Gasteiger partial charge in [0.25, 0.3) is 0 Å². The molecule has 2 heterocycles. The van der Waals surface area contributed by atoms with Gasteiger partial charge in [0.05, 0.1) is 18.9 Å². The van der Waals surface area contributed by atoms with Crippen LogP contribution in [0.1, 0.15) is 21.5 Å². The Labute approximate surface area is 191 Å². The number of rotatable bonds is 6. The average molecular weight is 437 g/mol. The molecule has 0 bridgehead atoms. The number of ether oxygens (including phenoxy) is 1. The molecule has 0 aliphatic heterocycles. The number of imidazole rings is 1. The summed E-state index contributed by atoms with van der Waals surface area (Å²) >= 11 is 0. The summed E-state index contributed by atoms with van der Waals surface area (Å²) in [5.41, 5.74) is 6.14. The lowest BCUT2D eigenvalue weighted by Crippen LogP contribution is -2.07. The van der Waals surface area contributed by atoms with Crippen LogP contribution in [-0.2, 0) is 17.7 Å². The van der Waals surface area contributed by atoms with E-state index in [0.29, 0.717) is 24.4 Å². The topological polar surface area (TPSA) is 70.2 Å². The van der Waals surface area contributed by atoms with Crippen molar-refractivity contribution in [2.75, 3.05) is 7.11 Å². The van der Waals surface area contributed by atoms with Crippen molar-refractivity contribution in [1.29, 1.82) is 0 Å². The molecule has 6 heteroatoms. The maximum atomic E-state index is 11.9. The maximum absolute atomic E-state index is 11.9. The highest BCUT2D eigenvalue weighted by molar-refractivity contribution is 5.89. The van der Waals surface area contributed by atoms with Crippen molar-refractivity contribution in [3.05, 3.63) is 95.7 Å². The Bertz CT molecular complexity index is 1400. The van der Waals surface area contributed by atoms with Gasteiger partial charge in [0.15, 0.2) is 5.58 Å². The molecule has 0 amide bonds. The van der Waals surface area contributed by atoms with E-state index in [9.17, 15) is 4.79 Å². The summed E-state index contributed by atoms with van der Waals surface area (Å²) in [7, 11) is 1.39. The van der Waals surface area contributed by atoms with Crippen LogP contribution >= 0.6 is 0 Å². The summed E-state index contributed by atoms with van der Waals surface area (Å²) in [5.74, 6) is 1.04. The number of fused-ring (bicyclic) bond motifs is 1. The number of oxazole rings is 1. The van der Waals surface area contributed by atoms with Crippen molar-refractivity contribution in [3.63, 3.8) is 0 Å². The molecule has 0 saturated heterocycles. The van der Waals surface area contributed by atoms with E-state index < -0.39 is 0 Å². The molecule has 0 N–H and O–H groups in total. The first kappa shape index (κ1) is 20.7. The molecule has 0 atom stereocenters. The van der Waals surface area contributed by atoms with E-state index in [2.05, 4.69) is 40.7 Å². The van der Waals surface area contributed by atoms with Crippen LogP contribution in [0.25, 0.3) is 34.1 Å². The molecule has 0 radical (unpaired) electrons. The summed E-state index contributed by atoms with van der Waals surface area (Å²) in [6.45, 7) is 2.70. The number of hydrogen-bond donors (Lipinski definition) is 0. The fraction of sp³-hybridized carbons (Fsp3) is 0.148. The highest BCUT2D eigenvalue weighted by Gasteiger charge is 2.18. The Morgan fingerprint density at radius 1 is 1.03 bits per heavy atom. The van der Waals surface area contributed by atoms with E-state index in [1.165, 1.54) is 12.7 Å². The van der Waals surface area contributed by atoms with Gasteiger partial charge < -0.3 is 13.7 Å². The SMILES string of the molecule is COC(=O)c1cccc(CCn2c(-c3nc4ccccc4o3)cnc2-c2ccc(C)cc2)c1. The number of para-hydroxylation sites is 2. The number of aromatic nitrogens is 3. The minimum Gasteiger partial charge on any atom is -0.465 e. The number of methoxy groups -OCH3 is 1. The van der Waals surface area contributed by atoms with Crippen LogP contribution in [0.5, 0.6) is 0 Å². The van der Waals surface area contributed by atoms with Gasteiger partial charge >= 0.3 is 5.97 Å². The lowest BCUT2D eigenvalue weighted by molar-refractivity contribution is 0.0600. The van der Waals surface area contributed by atoms with Gasteiger partial charge in [-0.25, -0.2) is 14.8 Å². The second-order valence-electron chi connectivity index (χ2n) is 7.91. The molecule has 2 aromatic heterocycles. The van der Waals surface area contributed by atoms with Crippen LogP contribution in [0.2, 0.25) is 0 Å². The van der Waals surface area contributed by atoms with E-state index in [1.807, 2.05) is 48.7 Å². The Balaban J connectivity index is 1.54.